The van der Waals surface area contributed by atoms with Crippen LogP contribution >= 0.6 is 0 Å². The van der Waals surface area contributed by atoms with Gasteiger partial charge in [-0.05, 0) is 91.0 Å². The van der Waals surface area contributed by atoms with E-state index in [1.807, 2.05) is 7.11 Å². The van der Waals surface area contributed by atoms with Crippen LogP contribution in [0.1, 0.15) is 138 Å². The van der Waals surface area contributed by atoms with Crippen molar-refractivity contribution in [1.29, 1.82) is 0 Å². The summed E-state index contributed by atoms with van der Waals surface area (Å²) in [7, 11) is 4.21. The Morgan fingerprint density at radius 2 is 1.27 bits per heavy atom. The van der Waals surface area contributed by atoms with Crippen LogP contribution in [-0.2, 0) is 4.74 Å². The number of ether oxygens (including phenoxy) is 1. The van der Waals surface area contributed by atoms with Crippen LogP contribution in [0.2, 0.25) is 0 Å². The highest BCUT2D eigenvalue weighted by atomic mass is 16.5. The molecule has 0 aliphatic heterocycles. The predicted octanol–water partition coefficient (Wildman–Crippen LogP) is 8.63. The van der Waals surface area contributed by atoms with E-state index in [2.05, 4.69) is 60.4 Å². The fourth-order valence-corrected chi connectivity index (χ4v) is 6.16. The summed E-state index contributed by atoms with van der Waals surface area (Å²) in [4.78, 5) is 2.68. The van der Waals surface area contributed by atoms with Crippen LogP contribution in [0.4, 0.5) is 0 Å². The van der Waals surface area contributed by atoms with Gasteiger partial charge in [0.05, 0.1) is 5.60 Å². The van der Waals surface area contributed by atoms with Crippen LogP contribution in [0.5, 0.6) is 0 Å². The molecular formula is C28H57NO. The number of hydrogen-bond donors (Lipinski definition) is 0. The number of methoxy groups -OCH3 is 1. The second-order valence-corrected chi connectivity index (χ2v) is 12.0. The Morgan fingerprint density at radius 1 is 0.767 bits per heavy atom. The zero-order chi connectivity index (χ0) is 22.8. The molecule has 2 heteroatoms. The highest BCUT2D eigenvalue weighted by Gasteiger charge is 2.40. The molecule has 0 N–H and O–H groups in total. The molecular weight excluding hydrogens is 366 g/mol. The van der Waals surface area contributed by atoms with E-state index in [1.54, 1.807) is 0 Å². The lowest BCUT2D eigenvalue weighted by atomic mass is 9.64. The van der Waals surface area contributed by atoms with Crippen molar-refractivity contribution in [3.05, 3.63) is 0 Å². The van der Waals surface area contributed by atoms with Crippen LogP contribution in [0.3, 0.4) is 0 Å². The monoisotopic (exact) mass is 423 g/mol. The Bertz CT molecular complexity index is 450. The van der Waals surface area contributed by atoms with Crippen molar-refractivity contribution >= 4 is 0 Å². The minimum absolute atomic E-state index is 0.0642. The van der Waals surface area contributed by atoms with E-state index in [0.717, 1.165) is 18.4 Å². The quantitative estimate of drug-likeness (QED) is 0.244. The maximum atomic E-state index is 5.75. The molecule has 1 atom stereocenters. The summed E-state index contributed by atoms with van der Waals surface area (Å²) in [6.45, 7) is 16.6. The van der Waals surface area contributed by atoms with Crippen molar-refractivity contribution in [3.63, 3.8) is 0 Å². The summed E-state index contributed by atoms with van der Waals surface area (Å²) in [5, 5.41) is 0. The van der Waals surface area contributed by atoms with Gasteiger partial charge in [0, 0.05) is 18.7 Å². The van der Waals surface area contributed by atoms with Gasteiger partial charge in [0.1, 0.15) is 0 Å². The molecule has 0 aromatic heterocycles. The maximum Gasteiger partial charge on any atom is 0.0640 e. The van der Waals surface area contributed by atoms with Gasteiger partial charge in [0.25, 0.3) is 0 Å². The predicted molar refractivity (Wildman–Crippen MR) is 134 cm³/mol. The Balaban J connectivity index is 2.69. The number of nitrogens with zero attached hydrogens (tertiary/aromatic N) is 1. The molecule has 0 bridgehead atoms. The fraction of sp³-hybridized carbons (Fsp3) is 1.00. The van der Waals surface area contributed by atoms with Gasteiger partial charge in [-0.2, -0.15) is 0 Å². The van der Waals surface area contributed by atoms with Crippen molar-refractivity contribution < 1.29 is 4.74 Å². The van der Waals surface area contributed by atoms with Crippen LogP contribution in [0, 0.1) is 11.3 Å². The third-order valence-electron chi connectivity index (χ3n) is 8.55. The first-order valence-corrected chi connectivity index (χ1v) is 13.3. The molecule has 1 saturated carbocycles. The average Bonchev–Trinajstić information content (AvgIpc) is 2.70. The molecule has 0 aromatic carbocycles. The van der Waals surface area contributed by atoms with E-state index in [4.69, 9.17) is 4.74 Å². The van der Waals surface area contributed by atoms with Gasteiger partial charge in [-0.25, -0.2) is 0 Å². The molecule has 0 aromatic rings. The standard InChI is InChI=1S/C28H57NO/c1-10-12-14-16-22-28(7,21-15-13-11-2)24-17-19-25(20-18-24)29(8)26(3,4)23-27(5,6)30-9/h24-25H,10-23H2,1-9H3. The van der Waals surface area contributed by atoms with Gasteiger partial charge >= 0.3 is 0 Å². The largest absolute Gasteiger partial charge is 0.379 e. The van der Waals surface area contributed by atoms with Gasteiger partial charge in [-0.1, -0.05) is 65.7 Å². The topological polar surface area (TPSA) is 12.5 Å². The average molecular weight is 424 g/mol. The number of hydrogen-bond acceptors (Lipinski definition) is 2. The van der Waals surface area contributed by atoms with Gasteiger partial charge in [-0.15, -0.1) is 0 Å². The molecule has 0 amide bonds. The Morgan fingerprint density at radius 3 is 1.77 bits per heavy atom. The van der Waals surface area contributed by atoms with Crippen LogP contribution < -0.4 is 0 Å². The lowest BCUT2D eigenvalue weighted by molar-refractivity contribution is -0.0430. The molecule has 1 fully saturated rings. The van der Waals surface area contributed by atoms with Gasteiger partial charge < -0.3 is 4.74 Å². The summed E-state index contributed by atoms with van der Waals surface area (Å²) in [5.41, 5.74) is 0.674. The third-order valence-corrected chi connectivity index (χ3v) is 8.55. The van der Waals surface area contributed by atoms with Crippen LogP contribution in [0.25, 0.3) is 0 Å². The Hall–Kier alpha value is -0.0800. The number of rotatable bonds is 15. The molecule has 0 saturated heterocycles. The smallest absolute Gasteiger partial charge is 0.0640 e. The molecule has 1 rings (SSSR count). The lowest BCUT2D eigenvalue weighted by Gasteiger charge is -2.49. The molecule has 1 unspecified atom stereocenters. The van der Waals surface area contributed by atoms with Gasteiger partial charge in [0.2, 0.25) is 0 Å². The second kappa shape index (κ2) is 12.8. The fourth-order valence-electron chi connectivity index (χ4n) is 6.16. The summed E-state index contributed by atoms with van der Waals surface area (Å²) >= 11 is 0. The first-order valence-electron chi connectivity index (χ1n) is 13.3. The minimum Gasteiger partial charge on any atom is -0.379 e. The molecule has 180 valence electrons. The van der Waals surface area contributed by atoms with Crippen molar-refractivity contribution in [2.45, 2.75) is 156 Å². The summed E-state index contributed by atoms with van der Waals surface area (Å²) in [6.07, 6.45) is 19.4. The highest BCUT2D eigenvalue weighted by Crippen LogP contribution is 2.47. The van der Waals surface area contributed by atoms with E-state index in [9.17, 15) is 0 Å². The SMILES string of the molecule is CCCCCCC(C)(CCCCC)C1CCC(N(C)C(C)(C)CC(C)(C)OC)CC1. The van der Waals surface area contributed by atoms with E-state index in [0.29, 0.717) is 5.41 Å². The molecule has 0 radical (unpaired) electrons. The first-order chi connectivity index (χ1) is 14.0. The van der Waals surface area contributed by atoms with Gasteiger partial charge in [0.15, 0.2) is 0 Å². The molecule has 0 spiro atoms. The number of unbranched alkanes of at least 4 members (excludes halogenated alkanes) is 5. The van der Waals surface area contributed by atoms with E-state index >= 15 is 0 Å². The third kappa shape index (κ3) is 8.81. The van der Waals surface area contributed by atoms with E-state index in [1.165, 1.54) is 83.5 Å². The van der Waals surface area contributed by atoms with Crippen molar-refractivity contribution in [1.82, 2.24) is 4.90 Å². The zero-order valence-electron chi connectivity index (χ0n) is 22.4. The van der Waals surface area contributed by atoms with Crippen molar-refractivity contribution in [3.8, 4) is 0 Å². The normalized spacial score (nSPS) is 23.0. The zero-order valence-corrected chi connectivity index (χ0v) is 22.4. The molecule has 2 nitrogen and oxygen atoms in total. The van der Waals surface area contributed by atoms with Gasteiger partial charge in [-0.3, -0.25) is 4.90 Å². The summed E-state index contributed by atoms with van der Waals surface area (Å²) in [6, 6.07) is 0.726. The maximum absolute atomic E-state index is 5.75. The Kier molecular flexibility index (Phi) is 12.0. The van der Waals surface area contributed by atoms with E-state index in [-0.39, 0.29) is 11.1 Å². The highest BCUT2D eigenvalue weighted by molar-refractivity contribution is 4.94. The summed E-state index contributed by atoms with van der Waals surface area (Å²) in [5.74, 6) is 0.930. The molecule has 0 heterocycles. The summed E-state index contributed by atoms with van der Waals surface area (Å²) < 4.78 is 5.75. The minimum atomic E-state index is -0.0642. The van der Waals surface area contributed by atoms with Crippen molar-refractivity contribution in [2.75, 3.05) is 14.2 Å². The first kappa shape index (κ1) is 28.0. The van der Waals surface area contributed by atoms with E-state index < -0.39 is 0 Å². The Labute approximate surface area is 190 Å². The van der Waals surface area contributed by atoms with Crippen LogP contribution in [0.15, 0.2) is 0 Å². The lowest BCUT2D eigenvalue weighted by Crippen LogP contribution is -2.52. The second-order valence-electron chi connectivity index (χ2n) is 12.0. The van der Waals surface area contributed by atoms with Crippen LogP contribution in [-0.4, -0.2) is 36.2 Å². The molecule has 30 heavy (non-hydrogen) atoms. The van der Waals surface area contributed by atoms with Crippen molar-refractivity contribution in [2.24, 2.45) is 11.3 Å². The molecule has 1 aliphatic rings. The molecule has 1 aliphatic carbocycles.